The van der Waals surface area contributed by atoms with E-state index in [2.05, 4.69) is 4.90 Å². The highest BCUT2D eigenvalue weighted by molar-refractivity contribution is 6.09. The van der Waals surface area contributed by atoms with E-state index in [-0.39, 0.29) is 18.0 Å². The lowest BCUT2D eigenvalue weighted by Gasteiger charge is -2.27. The summed E-state index contributed by atoms with van der Waals surface area (Å²) in [5.41, 5.74) is 2.04. The SMILES string of the molecule is CC(=O)O.CCC(OC(=O)C(C)c1cccc(C(=O)c2ccccc2)c1)N1CCCC1. The maximum Gasteiger partial charge on any atom is 0.314 e. The second kappa shape index (κ2) is 12.0. The van der Waals surface area contributed by atoms with Crippen LogP contribution >= 0.6 is 0 Å². The maximum atomic E-state index is 12.7. The second-order valence-electron chi connectivity index (χ2n) is 7.60. The molecule has 1 saturated heterocycles. The molecule has 0 aromatic heterocycles. The largest absolute Gasteiger partial charge is 0.481 e. The Morgan fingerprint density at radius 2 is 1.58 bits per heavy atom. The minimum absolute atomic E-state index is 0.0403. The van der Waals surface area contributed by atoms with Crippen LogP contribution in [0.4, 0.5) is 0 Å². The van der Waals surface area contributed by atoms with Crippen LogP contribution in [0.5, 0.6) is 0 Å². The number of hydrogen-bond acceptors (Lipinski definition) is 5. The molecule has 0 saturated carbocycles. The smallest absolute Gasteiger partial charge is 0.314 e. The highest BCUT2D eigenvalue weighted by atomic mass is 16.6. The van der Waals surface area contributed by atoms with E-state index in [1.807, 2.05) is 44.2 Å². The number of carboxylic acids is 1. The van der Waals surface area contributed by atoms with E-state index in [0.29, 0.717) is 11.1 Å². The van der Waals surface area contributed by atoms with Crippen LogP contribution < -0.4 is 0 Å². The summed E-state index contributed by atoms with van der Waals surface area (Å²) in [5.74, 6) is -1.52. The number of carbonyl (C=O) groups is 3. The minimum Gasteiger partial charge on any atom is -0.481 e. The molecule has 166 valence electrons. The van der Waals surface area contributed by atoms with Crippen molar-refractivity contribution in [2.45, 2.75) is 52.2 Å². The number of rotatable bonds is 7. The summed E-state index contributed by atoms with van der Waals surface area (Å²) in [5, 5.41) is 7.42. The summed E-state index contributed by atoms with van der Waals surface area (Å²) in [6.07, 6.45) is 2.95. The Labute approximate surface area is 183 Å². The molecule has 2 unspecified atom stereocenters. The molecule has 1 aliphatic rings. The first-order valence-electron chi connectivity index (χ1n) is 10.7. The molecule has 0 radical (unpaired) electrons. The number of nitrogens with zero attached hydrogens (tertiary/aromatic N) is 1. The fourth-order valence-corrected chi connectivity index (χ4v) is 3.52. The van der Waals surface area contributed by atoms with Gasteiger partial charge in [0.25, 0.3) is 5.97 Å². The summed E-state index contributed by atoms with van der Waals surface area (Å²) < 4.78 is 5.79. The summed E-state index contributed by atoms with van der Waals surface area (Å²) >= 11 is 0. The van der Waals surface area contributed by atoms with Gasteiger partial charge in [-0.15, -0.1) is 0 Å². The Morgan fingerprint density at radius 1 is 1.00 bits per heavy atom. The van der Waals surface area contributed by atoms with Gasteiger partial charge in [0.2, 0.25) is 0 Å². The molecule has 2 atom stereocenters. The van der Waals surface area contributed by atoms with Gasteiger partial charge in [-0.2, -0.15) is 0 Å². The van der Waals surface area contributed by atoms with Crippen LogP contribution in [0.15, 0.2) is 54.6 Å². The normalized spacial score (nSPS) is 15.3. The standard InChI is InChI=1S/C23H27NO3.C2H4O2/c1-3-21(24-14-7-8-15-24)27-23(26)17(2)19-12-9-13-20(16-19)22(25)18-10-5-4-6-11-18;1-2(3)4/h4-6,9-13,16-17,21H,3,7-8,14-15H2,1-2H3;1H3,(H,3,4). The van der Waals surface area contributed by atoms with E-state index < -0.39 is 11.9 Å². The van der Waals surface area contributed by atoms with Gasteiger partial charge in [0.15, 0.2) is 12.0 Å². The van der Waals surface area contributed by atoms with Gasteiger partial charge in [0.1, 0.15) is 0 Å². The van der Waals surface area contributed by atoms with E-state index >= 15 is 0 Å². The van der Waals surface area contributed by atoms with Gasteiger partial charge in [0.05, 0.1) is 5.92 Å². The molecule has 6 nitrogen and oxygen atoms in total. The third-order valence-corrected chi connectivity index (χ3v) is 5.19. The zero-order valence-electron chi connectivity index (χ0n) is 18.4. The molecule has 1 N–H and O–H groups in total. The van der Waals surface area contributed by atoms with Crippen LogP contribution in [-0.4, -0.2) is 47.0 Å². The van der Waals surface area contributed by atoms with Crippen molar-refractivity contribution >= 4 is 17.7 Å². The first-order chi connectivity index (χ1) is 14.8. The molecule has 31 heavy (non-hydrogen) atoms. The van der Waals surface area contributed by atoms with Crippen molar-refractivity contribution in [3.05, 3.63) is 71.3 Å². The van der Waals surface area contributed by atoms with E-state index in [4.69, 9.17) is 14.6 Å². The first-order valence-corrected chi connectivity index (χ1v) is 10.7. The van der Waals surface area contributed by atoms with Gasteiger partial charge in [-0.1, -0.05) is 55.5 Å². The Morgan fingerprint density at radius 3 is 2.16 bits per heavy atom. The molecular weight excluding hydrogens is 394 g/mol. The quantitative estimate of drug-likeness (QED) is 0.520. The van der Waals surface area contributed by atoms with Crippen LogP contribution in [0, 0.1) is 0 Å². The highest BCUT2D eigenvalue weighted by Crippen LogP contribution is 2.23. The molecule has 2 aromatic rings. The molecule has 3 rings (SSSR count). The average molecular weight is 426 g/mol. The van der Waals surface area contributed by atoms with Crippen LogP contribution in [0.1, 0.15) is 67.4 Å². The number of benzene rings is 2. The lowest BCUT2D eigenvalue weighted by molar-refractivity contribution is -0.160. The van der Waals surface area contributed by atoms with Crippen molar-refractivity contribution < 1.29 is 24.2 Å². The predicted octanol–water partition coefficient (Wildman–Crippen LogP) is 4.49. The molecular formula is C25H31NO5. The van der Waals surface area contributed by atoms with Crippen LogP contribution in [-0.2, 0) is 14.3 Å². The maximum absolute atomic E-state index is 12.7. The van der Waals surface area contributed by atoms with Gasteiger partial charge in [-0.3, -0.25) is 19.3 Å². The molecule has 0 aliphatic carbocycles. The number of esters is 1. The Hall–Kier alpha value is -2.99. The van der Waals surface area contributed by atoms with Crippen LogP contribution in [0.25, 0.3) is 0 Å². The highest BCUT2D eigenvalue weighted by Gasteiger charge is 2.26. The number of likely N-dealkylation sites (tertiary alicyclic amines) is 1. The number of hydrogen-bond donors (Lipinski definition) is 1. The van der Waals surface area contributed by atoms with Crippen LogP contribution in [0.2, 0.25) is 0 Å². The number of carboxylic acid groups (broad SMARTS) is 1. The van der Waals surface area contributed by atoms with Crippen molar-refractivity contribution in [2.75, 3.05) is 13.1 Å². The summed E-state index contributed by atoms with van der Waals surface area (Å²) in [6.45, 7) is 6.94. The first kappa shape index (κ1) is 24.3. The fourth-order valence-electron chi connectivity index (χ4n) is 3.52. The molecule has 0 bridgehead atoms. The number of ketones is 1. The van der Waals surface area contributed by atoms with Crippen LogP contribution in [0.3, 0.4) is 0 Å². The van der Waals surface area contributed by atoms with E-state index in [1.54, 1.807) is 24.3 Å². The Balaban J connectivity index is 0.000000785. The van der Waals surface area contributed by atoms with Gasteiger partial charge < -0.3 is 9.84 Å². The fraction of sp³-hybridized carbons (Fsp3) is 0.400. The summed E-state index contributed by atoms with van der Waals surface area (Å²) in [4.78, 5) is 36.6. The monoisotopic (exact) mass is 425 g/mol. The van der Waals surface area contributed by atoms with Gasteiger partial charge in [0, 0.05) is 31.1 Å². The molecule has 1 heterocycles. The molecule has 0 spiro atoms. The van der Waals surface area contributed by atoms with Gasteiger partial charge >= 0.3 is 5.97 Å². The third-order valence-electron chi connectivity index (χ3n) is 5.19. The van der Waals surface area contributed by atoms with Gasteiger partial charge in [-0.25, -0.2) is 0 Å². The van der Waals surface area contributed by atoms with Crippen molar-refractivity contribution in [1.82, 2.24) is 4.90 Å². The van der Waals surface area contributed by atoms with Crippen molar-refractivity contribution in [3.8, 4) is 0 Å². The predicted molar refractivity (Wildman–Crippen MR) is 119 cm³/mol. The minimum atomic E-state index is -0.833. The van der Waals surface area contributed by atoms with Crippen molar-refractivity contribution in [3.63, 3.8) is 0 Å². The van der Waals surface area contributed by atoms with Crippen molar-refractivity contribution in [2.24, 2.45) is 0 Å². The zero-order valence-corrected chi connectivity index (χ0v) is 18.4. The molecule has 1 aliphatic heterocycles. The van der Waals surface area contributed by atoms with E-state index in [9.17, 15) is 9.59 Å². The summed E-state index contributed by atoms with van der Waals surface area (Å²) in [7, 11) is 0. The Bertz CT molecular complexity index is 870. The van der Waals surface area contributed by atoms with Crippen molar-refractivity contribution in [1.29, 1.82) is 0 Å². The molecule has 1 fully saturated rings. The number of aliphatic carboxylic acids is 1. The second-order valence-corrected chi connectivity index (χ2v) is 7.60. The zero-order chi connectivity index (χ0) is 22.8. The Kier molecular flexibility index (Phi) is 9.40. The average Bonchev–Trinajstić information content (AvgIpc) is 3.31. The molecule has 0 amide bonds. The lowest BCUT2D eigenvalue weighted by Crippen LogP contribution is -2.37. The summed E-state index contributed by atoms with van der Waals surface area (Å²) in [6, 6.07) is 16.5. The number of carbonyl (C=O) groups excluding carboxylic acids is 2. The molecule has 6 heteroatoms. The number of ether oxygens (including phenoxy) is 1. The topological polar surface area (TPSA) is 83.9 Å². The molecule has 2 aromatic carbocycles. The lowest BCUT2D eigenvalue weighted by atomic mass is 9.96. The van der Waals surface area contributed by atoms with E-state index in [1.165, 1.54) is 0 Å². The van der Waals surface area contributed by atoms with E-state index in [0.717, 1.165) is 44.8 Å². The van der Waals surface area contributed by atoms with Gasteiger partial charge in [-0.05, 0) is 37.8 Å². The third kappa shape index (κ3) is 7.33.